The van der Waals surface area contributed by atoms with E-state index in [1.807, 2.05) is 30.1 Å². The van der Waals surface area contributed by atoms with Crippen LogP contribution in [0.25, 0.3) is 0 Å². The molecule has 1 atom stereocenters. The fourth-order valence-corrected chi connectivity index (χ4v) is 4.29. The third-order valence-electron chi connectivity index (χ3n) is 5.84. The van der Waals surface area contributed by atoms with Crippen LogP contribution in [-0.2, 0) is 16.1 Å². The van der Waals surface area contributed by atoms with Gasteiger partial charge < -0.3 is 19.3 Å². The number of ether oxygens (including phenoxy) is 2. The molecule has 0 radical (unpaired) electrons. The molecule has 0 spiro atoms. The first-order chi connectivity index (χ1) is 12.6. The van der Waals surface area contributed by atoms with Gasteiger partial charge in [-0.1, -0.05) is 25.3 Å². The van der Waals surface area contributed by atoms with E-state index in [1.165, 1.54) is 19.3 Å². The molecule has 2 fully saturated rings. The number of fused-ring (bicyclic) bond motifs is 1. The van der Waals surface area contributed by atoms with E-state index in [4.69, 9.17) is 9.47 Å². The molecule has 1 aliphatic carbocycles. The van der Waals surface area contributed by atoms with Gasteiger partial charge >= 0.3 is 0 Å². The molecule has 140 valence electrons. The van der Waals surface area contributed by atoms with E-state index in [9.17, 15) is 9.59 Å². The van der Waals surface area contributed by atoms with Crippen molar-refractivity contribution in [2.24, 2.45) is 5.92 Å². The molecule has 4 rings (SSSR count). The van der Waals surface area contributed by atoms with Crippen LogP contribution in [0, 0.1) is 5.92 Å². The summed E-state index contributed by atoms with van der Waals surface area (Å²) < 4.78 is 10.7. The van der Waals surface area contributed by atoms with Gasteiger partial charge in [0.25, 0.3) is 0 Å². The third-order valence-corrected chi connectivity index (χ3v) is 5.84. The zero-order valence-electron chi connectivity index (χ0n) is 15.3. The highest BCUT2D eigenvalue weighted by Gasteiger charge is 2.37. The van der Waals surface area contributed by atoms with Crippen molar-refractivity contribution in [2.45, 2.75) is 51.1 Å². The number of amides is 2. The van der Waals surface area contributed by atoms with Gasteiger partial charge in [0, 0.05) is 32.6 Å². The first-order valence-electron chi connectivity index (χ1n) is 9.55. The molecule has 0 aromatic heterocycles. The minimum atomic E-state index is -0.219. The number of carbonyl (C=O) groups excluding carboxylic acids is 2. The Kier molecular flexibility index (Phi) is 4.74. The summed E-state index contributed by atoms with van der Waals surface area (Å²) in [5, 5.41) is 0. The summed E-state index contributed by atoms with van der Waals surface area (Å²) in [6.07, 6.45) is 6.15. The lowest BCUT2D eigenvalue weighted by Crippen LogP contribution is -2.42. The summed E-state index contributed by atoms with van der Waals surface area (Å²) in [5.41, 5.74) is 0.997. The molecule has 3 aliphatic rings. The Morgan fingerprint density at radius 2 is 1.96 bits per heavy atom. The number of carbonyl (C=O) groups is 2. The van der Waals surface area contributed by atoms with Crippen molar-refractivity contribution in [3.63, 3.8) is 0 Å². The van der Waals surface area contributed by atoms with E-state index in [2.05, 4.69) is 0 Å². The second-order valence-corrected chi connectivity index (χ2v) is 7.60. The van der Waals surface area contributed by atoms with Gasteiger partial charge in [0.2, 0.25) is 18.6 Å². The lowest BCUT2D eigenvalue weighted by Gasteiger charge is -2.32. The van der Waals surface area contributed by atoms with Gasteiger partial charge in [0.15, 0.2) is 11.5 Å². The van der Waals surface area contributed by atoms with E-state index < -0.39 is 0 Å². The molecule has 2 aliphatic heterocycles. The highest BCUT2D eigenvalue weighted by Crippen LogP contribution is 2.33. The number of nitrogens with zero attached hydrogens (tertiary/aromatic N) is 2. The summed E-state index contributed by atoms with van der Waals surface area (Å²) in [5.74, 6) is 1.42. The topological polar surface area (TPSA) is 59.1 Å². The van der Waals surface area contributed by atoms with E-state index >= 15 is 0 Å². The van der Waals surface area contributed by atoms with Crippen molar-refractivity contribution in [1.29, 1.82) is 0 Å². The lowest BCUT2D eigenvalue weighted by atomic mass is 9.93. The monoisotopic (exact) mass is 358 g/mol. The normalized spacial score (nSPS) is 22.7. The minimum Gasteiger partial charge on any atom is -0.454 e. The van der Waals surface area contributed by atoms with Crippen molar-refractivity contribution in [3.05, 3.63) is 23.8 Å². The van der Waals surface area contributed by atoms with Gasteiger partial charge in [0.05, 0.1) is 5.92 Å². The molecule has 1 saturated heterocycles. The van der Waals surface area contributed by atoms with Gasteiger partial charge in [-0.15, -0.1) is 0 Å². The smallest absolute Gasteiger partial charge is 0.231 e. The second-order valence-electron chi connectivity index (χ2n) is 7.60. The summed E-state index contributed by atoms with van der Waals surface area (Å²) in [4.78, 5) is 29.0. The molecule has 2 amide bonds. The quantitative estimate of drug-likeness (QED) is 0.830. The van der Waals surface area contributed by atoms with Crippen molar-refractivity contribution in [1.82, 2.24) is 9.80 Å². The first kappa shape index (κ1) is 17.2. The molecule has 1 aromatic rings. The SMILES string of the molecule is CN(C(=O)C1CC(=O)N(Cc2ccc3c(c2)OCO3)C1)C1CCCCC1. The minimum absolute atomic E-state index is 0.0538. The fourth-order valence-electron chi connectivity index (χ4n) is 4.29. The molecule has 0 N–H and O–H groups in total. The highest BCUT2D eigenvalue weighted by atomic mass is 16.7. The average Bonchev–Trinajstić information content (AvgIpc) is 3.28. The first-order valence-corrected chi connectivity index (χ1v) is 9.55. The second kappa shape index (κ2) is 7.17. The van der Waals surface area contributed by atoms with Crippen LogP contribution in [0.3, 0.4) is 0 Å². The van der Waals surface area contributed by atoms with E-state index in [0.717, 1.165) is 29.9 Å². The van der Waals surface area contributed by atoms with Crippen LogP contribution >= 0.6 is 0 Å². The summed E-state index contributed by atoms with van der Waals surface area (Å²) in [6.45, 7) is 1.25. The molecule has 26 heavy (non-hydrogen) atoms. The molecule has 0 bridgehead atoms. The largest absolute Gasteiger partial charge is 0.454 e. The zero-order chi connectivity index (χ0) is 18.1. The number of hydrogen-bond acceptors (Lipinski definition) is 4. The van der Waals surface area contributed by atoms with E-state index in [-0.39, 0.29) is 24.5 Å². The van der Waals surface area contributed by atoms with E-state index in [1.54, 1.807) is 4.90 Å². The Morgan fingerprint density at radius 1 is 1.19 bits per heavy atom. The molecule has 6 heteroatoms. The Balaban J connectivity index is 1.38. The molecule has 6 nitrogen and oxygen atoms in total. The van der Waals surface area contributed by atoms with Crippen LogP contribution in [-0.4, -0.2) is 48.0 Å². The van der Waals surface area contributed by atoms with Gasteiger partial charge in [-0.2, -0.15) is 0 Å². The van der Waals surface area contributed by atoms with Gasteiger partial charge in [-0.25, -0.2) is 0 Å². The number of rotatable bonds is 4. The fraction of sp³-hybridized carbons (Fsp3) is 0.600. The maximum atomic E-state index is 12.9. The summed E-state index contributed by atoms with van der Waals surface area (Å²) in [7, 11) is 1.91. The number of likely N-dealkylation sites (tertiary alicyclic amines) is 1. The molecular formula is C20H26N2O4. The lowest BCUT2D eigenvalue weighted by molar-refractivity contribution is -0.137. The van der Waals surface area contributed by atoms with Crippen LogP contribution in [0.4, 0.5) is 0 Å². The summed E-state index contributed by atoms with van der Waals surface area (Å²) >= 11 is 0. The molecule has 1 saturated carbocycles. The van der Waals surface area contributed by atoms with Crippen molar-refractivity contribution >= 4 is 11.8 Å². The van der Waals surface area contributed by atoms with Crippen molar-refractivity contribution < 1.29 is 19.1 Å². The van der Waals surface area contributed by atoms with Crippen molar-refractivity contribution in [3.8, 4) is 11.5 Å². The van der Waals surface area contributed by atoms with Crippen LogP contribution in [0.1, 0.15) is 44.1 Å². The predicted octanol–water partition coefficient (Wildman–Crippen LogP) is 2.55. The van der Waals surface area contributed by atoms with Gasteiger partial charge in [0.1, 0.15) is 0 Å². The number of benzene rings is 1. The zero-order valence-corrected chi connectivity index (χ0v) is 15.3. The number of hydrogen-bond donors (Lipinski definition) is 0. The van der Waals surface area contributed by atoms with Crippen LogP contribution in [0.15, 0.2) is 18.2 Å². The summed E-state index contributed by atoms with van der Waals surface area (Å²) in [6, 6.07) is 6.08. The molecule has 1 aromatic carbocycles. The average molecular weight is 358 g/mol. The molecule has 2 heterocycles. The van der Waals surface area contributed by atoms with Gasteiger partial charge in [-0.05, 0) is 30.5 Å². The Bertz CT molecular complexity index is 699. The molecule has 1 unspecified atom stereocenters. The van der Waals surface area contributed by atoms with Crippen LogP contribution in [0.5, 0.6) is 11.5 Å². The Hall–Kier alpha value is -2.24. The standard InChI is InChI=1S/C20H26N2O4/c1-21(16-5-3-2-4-6-16)20(24)15-10-19(23)22(12-15)11-14-7-8-17-18(9-14)26-13-25-17/h7-9,15-16H,2-6,10-13H2,1H3. The van der Waals surface area contributed by atoms with Crippen LogP contribution in [0.2, 0.25) is 0 Å². The Labute approximate surface area is 154 Å². The third kappa shape index (κ3) is 3.37. The van der Waals surface area contributed by atoms with Gasteiger partial charge in [-0.3, -0.25) is 9.59 Å². The highest BCUT2D eigenvalue weighted by molar-refractivity contribution is 5.89. The van der Waals surface area contributed by atoms with E-state index in [0.29, 0.717) is 25.6 Å². The predicted molar refractivity (Wildman–Crippen MR) is 95.7 cm³/mol. The maximum Gasteiger partial charge on any atom is 0.231 e. The van der Waals surface area contributed by atoms with Crippen LogP contribution < -0.4 is 9.47 Å². The maximum absolute atomic E-state index is 12.9. The van der Waals surface area contributed by atoms with Crippen molar-refractivity contribution in [2.75, 3.05) is 20.4 Å². The Morgan fingerprint density at radius 3 is 2.77 bits per heavy atom. The molecular weight excluding hydrogens is 332 g/mol.